The third kappa shape index (κ3) is 4.17. The third-order valence-corrected chi connectivity index (χ3v) is 5.66. The third-order valence-electron chi connectivity index (χ3n) is 4.28. The number of carbonyl (C=O) groups excluding carboxylic acids is 1. The van der Waals surface area contributed by atoms with Crippen LogP contribution in [0.1, 0.15) is 16.8 Å². The lowest BCUT2D eigenvalue weighted by molar-refractivity contribution is -0.122. The van der Waals surface area contributed by atoms with Crippen LogP contribution in [0.25, 0.3) is 6.08 Å². The molecule has 0 spiro atoms. The molecule has 27 heavy (non-hydrogen) atoms. The van der Waals surface area contributed by atoms with Crippen LogP contribution in [0.3, 0.4) is 0 Å². The van der Waals surface area contributed by atoms with Crippen molar-refractivity contribution >= 4 is 40.3 Å². The zero-order valence-electron chi connectivity index (χ0n) is 15.7. The van der Waals surface area contributed by atoms with E-state index in [1.807, 2.05) is 44.4 Å². The minimum Gasteiger partial charge on any atom is -0.493 e. The van der Waals surface area contributed by atoms with E-state index in [4.69, 9.17) is 21.7 Å². The van der Waals surface area contributed by atoms with E-state index in [9.17, 15) is 4.79 Å². The average molecular weight is 404 g/mol. The first kappa shape index (κ1) is 19.4. The van der Waals surface area contributed by atoms with E-state index in [1.165, 1.54) is 11.8 Å². The van der Waals surface area contributed by atoms with Crippen molar-refractivity contribution in [1.82, 2.24) is 14.7 Å². The molecule has 1 aromatic heterocycles. The molecule has 3 rings (SSSR count). The molecule has 0 N–H and O–H groups in total. The van der Waals surface area contributed by atoms with Crippen molar-refractivity contribution in [3.05, 3.63) is 46.1 Å². The molecule has 0 saturated carbocycles. The fraction of sp³-hybridized carbons (Fsp3) is 0.316. The summed E-state index contributed by atoms with van der Waals surface area (Å²) in [5.41, 5.74) is 2.86. The number of hydrogen-bond acceptors (Lipinski definition) is 6. The first-order chi connectivity index (χ1) is 12.9. The first-order valence-electron chi connectivity index (χ1n) is 8.39. The predicted octanol–water partition coefficient (Wildman–Crippen LogP) is 3.19. The largest absolute Gasteiger partial charge is 0.493 e. The van der Waals surface area contributed by atoms with Crippen LogP contribution in [-0.4, -0.2) is 45.7 Å². The molecule has 1 aromatic carbocycles. The number of benzene rings is 1. The lowest BCUT2D eigenvalue weighted by Crippen LogP contribution is -2.30. The number of methoxy groups -OCH3 is 2. The monoisotopic (exact) mass is 403 g/mol. The summed E-state index contributed by atoms with van der Waals surface area (Å²) < 4.78 is 12.9. The topological polar surface area (TPSA) is 56.6 Å². The lowest BCUT2D eigenvalue weighted by atomic mass is 10.1. The Morgan fingerprint density at radius 2 is 2.00 bits per heavy atom. The van der Waals surface area contributed by atoms with Gasteiger partial charge >= 0.3 is 0 Å². The van der Waals surface area contributed by atoms with Gasteiger partial charge in [-0.15, -0.1) is 0 Å². The lowest BCUT2D eigenvalue weighted by Gasteiger charge is -2.15. The Balaban J connectivity index is 1.72. The van der Waals surface area contributed by atoms with E-state index in [1.54, 1.807) is 23.8 Å². The van der Waals surface area contributed by atoms with Crippen LogP contribution in [0.5, 0.6) is 11.5 Å². The van der Waals surface area contributed by atoms with Gasteiger partial charge < -0.3 is 9.47 Å². The highest BCUT2D eigenvalue weighted by Crippen LogP contribution is 2.33. The highest BCUT2D eigenvalue weighted by Gasteiger charge is 2.31. The van der Waals surface area contributed by atoms with E-state index in [2.05, 4.69) is 5.10 Å². The fourth-order valence-electron chi connectivity index (χ4n) is 2.87. The van der Waals surface area contributed by atoms with Crippen LogP contribution >= 0.6 is 24.0 Å². The number of aryl methyl sites for hydroxylation is 2. The Kier molecular flexibility index (Phi) is 5.86. The molecule has 2 aromatic rings. The Hall–Kier alpha value is -2.32. The zero-order chi connectivity index (χ0) is 19.6. The minimum absolute atomic E-state index is 0.0614. The van der Waals surface area contributed by atoms with Gasteiger partial charge in [-0.1, -0.05) is 30.0 Å². The molecule has 1 amide bonds. The maximum atomic E-state index is 12.8. The number of amides is 1. The molecule has 142 valence electrons. The maximum Gasteiger partial charge on any atom is 0.266 e. The highest BCUT2D eigenvalue weighted by molar-refractivity contribution is 8.26. The summed E-state index contributed by atoms with van der Waals surface area (Å²) in [6.45, 7) is 2.44. The van der Waals surface area contributed by atoms with Crippen molar-refractivity contribution in [2.24, 2.45) is 7.05 Å². The summed E-state index contributed by atoms with van der Waals surface area (Å²) in [6, 6.07) is 5.75. The predicted molar refractivity (Wildman–Crippen MR) is 111 cm³/mol. The molecule has 1 saturated heterocycles. The van der Waals surface area contributed by atoms with Gasteiger partial charge in [0.15, 0.2) is 11.5 Å². The molecular weight excluding hydrogens is 382 g/mol. The maximum absolute atomic E-state index is 12.8. The van der Waals surface area contributed by atoms with Gasteiger partial charge in [0.25, 0.3) is 5.91 Å². The zero-order valence-corrected chi connectivity index (χ0v) is 17.3. The Morgan fingerprint density at radius 1 is 1.26 bits per heavy atom. The molecule has 0 unspecified atom stereocenters. The van der Waals surface area contributed by atoms with Gasteiger partial charge in [0, 0.05) is 25.4 Å². The average Bonchev–Trinajstić information content (AvgIpc) is 3.10. The molecule has 1 fully saturated rings. The van der Waals surface area contributed by atoms with Gasteiger partial charge in [-0.3, -0.25) is 14.4 Å². The number of carbonyl (C=O) groups is 1. The van der Waals surface area contributed by atoms with Gasteiger partial charge in [0.05, 0.1) is 24.8 Å². The normalized spacial score (nSPS) is 15.7. The number of ether oxygens (including phenoxy) is 2. The Morgan fingerprint density at radius 3 is 2.63 bits per heavy atom. The standard InChI is InChI=1S/C19H21N3O3S2/c1-12-14(11-21(2)20-12)10-17-18(23)22(19(26)27-17)8-7-13-5-6-15(24-3)16(9-13)25-4/h5-6,9-11H,7-8H2,1-4H3/b17-10+. The van der Waals surface area contributed by atoms with Gasteiger partial charge in [-0.05, 0) is 37.1 Å². The minimum atomic E-state index is -0.0614. The number of aromatic nitrogens is 2. The summed E-state index contributed by atoms with van der Waals surface area (Å²) in [4.78, 5) is 15.0. The number of hydrogen-bond donors (Lipinski definition) is 0. The van der Waals surface area contributed by atoms with Crippen LogP contribution in [0.15, 0.2) is 29.3 Å². The Labute approximate surface area is 168 Å². The summed E-state index contributed by atoms with van der Waals surface area (Å²) in [5.74, 6) is 1.29. The van der Waals surface area contributed by atoms with Crippen LogP contribution < -0.4 is 9.47 Å². The molecule has 8 heteroatoms. The van der Waals surface area contributed by atoms with Gasteiger partial charge in [0.1, 0.15) is 4.32 Å². The molecule has 0 radical (unpaired) electrons. The summed E-state index contributed by atoms with van der Waals surface area (Å²) in [7, 11) is 5.07. The number of rotatable bonds is 6. The summed E-state index contributed by atoms with van der Waals surface area (Å²) in [5, 5.41) is 4.31. The Bertz CT molecular complexity index is 921. The number of nitrogens with zero attached hydrogens (tertiary/aromatic N) is 3. The van der Waals surface area contributed by atoms with Crippen LogP contribution in [0.2, 0.25) is 0 Å². The number of thiocarbonyl (C=S) groups is 1. The van der Waals surface area contributed by atoms with Gasteiger partial charge in [-0.25, -0.2) is 0 Å². The summed E-state index contributed by atoms with van der Waals surface area (Å²) >= 11 is 6.74. The molecule has 6 nitrogen and oxygen atoms in total. The fourth-order valence-corrected chi connectivity index (χ4v) is 4.17. The number of thioether (sulfide) groups is 1. The SMILES string of the molecule is COc1ccc(CCN2C(=O)/C(=C\c3cn(C)nc3C)SC2=S)cc1OC. The molecule has 0 bridgehead atoms. The molecule has 0 atom stereocenters. The van der Waals surface area contributed by atoms with Gasteiger partial charge in [0.2, 0.25) is 0 Å². The highest BCUT2D eigenvalue weighted by atomic mass is 32.2. The van der Waals surface area contributed by atoms with E-state index >= 15 is 0 Å². The van der Waals surface area contributed by atoms with E-state index in [0.29, 0.717) is 33.7 Å². The smallest absolute Gasteiger partial charge is 0.266 e. The second-order valence-corrected chi connectivity index (χ2v) is 7.79. The van der Waals surface area contributed by atoms with Crippen molar-refractivity contribution in [1.29, 1.82) is 0 Å². The van der Waals surface area contributed by atoms with Crippen molar-refractivity contribution < 1.29 is 14.3 Å². The van der Waals surface area contributed by atoms with Crippen LogP contribution in [-0.2, 0) is 18.3 Å². The van der Waals surface area contributed by atoms with Crippen molar-refractivity contribution in [2.75, 3.05) is 20.8 Å². The van der Waals surface area contributed by atoms with Crippen LogP contribution in [0.4, 0.5) is 0 Å². The van der Waals surface area contributed by atoms with Crippen LogP contribution in [0, 0.1) is 6.92 Å². The van der Waals surface area contributed by atoms with Crippen molar-refractivity contribution in [3.63, 3.8) is 0 Å². The second-order valence-electron chi connectivity index (χ2n) is 6.12. The quantitative estimate of drug-likeness (QED) is 0.545. The molecular formula is C19H21N3O3S2. The molecule has 1 aliphatic rings. The second kappa shape index (κ2) is 8.14. The van der Waals surface area contributed by atoms with Gasteiger partial charge in [-0.2, -0.15) is 5.10 Å². The molecule has 2 heterocycles. The van der Waals surface area contributed by atoms with Crippen molar-refractivity contribution in [2.45, 2.75) is 13.3 Å². The first-order valence-corrected chi connectivity index (χ1v) is 9.62. The van der Waals surface area contributed by atoms with E-state index in [-0.39, 0.29) is 5.91 Å². The van der Waals surface area contributed by atoms with Crippen molar-refractivity contribution in [3.8, 4) is 11.5 Å². The van der Waals surface area contributed by atoms with E-state index in [0.717, 1.165) is 16.8 Å². The molecule has 1 aliphatic heterocycles. The molecule has 0 aliphatic carbocycles. The summed E-state index contributed by atoms with van der Waals surface area (Å²) in [6.07, 6.45) is 4.43. The van der Waals surface area contributed by atoms with E-state index < -0.39 is 0 Å².